The van der Waals surface area contributed by atoms with Crippen LogP contribution in [0, 0.1) is 6.92 Å². The van der Waals surface area contributed by atoms with Crippen molar-refractivity contribution in [2.45, 2.75) is 27.2 Å². The number of rotatable bonds is 3. The summed E-state index contributed by atoms with van der Waals surface area (Å²) >= 11 is 0. The van der Waals surface area contributed by atoms with E-state index in [4.69, 9.17) is 0 Å². The van der Waals surface area contributed by atoms with Crippen LogP contribution in [0.4, 0.5) is 0 Å². The first-order valence-electron chi connectivity index (χ1n) is 4.34. The van der Waals surface area contributed by atoms with E-state index in [1.807, 2.05) is 31.2 Å². The summed E-state index contributed by atoms with van der Waals surface area (Å²) in [5, 5.41) is 0. The summed E-state index contributed by atoms with van der Waals surface area (Å²) in [4.78, 5) is 10.8. The Hall–Kier alpha value is -1.31. The fourth-order valence-corrected chi connectivity index (χ4v) is 1.10. The third-order valence-electron chi connectivity index (χ3n) is 1.97. The molecule has 1 aromatic rings. The van der Waals surface area contributed by atoms with Gasteiger partial charge in [0.25, 0.3) is 0 Å². The molecule has 0 heterocycles. The highest BCUT2D eigenvalue weighted by molar-refractivity contribution is 5.69. The molecule has 0 aromatic heterocycles. The zero-order chi connectivity index (χ0) is 9.68. The van der Waals surface area contributed by atoms with E-state index in [2.05, 4.69) is 4.74 Å². The Morgan fingerprint density at radius 1 is 1.29 bits per heavy atom. The molecule has 0 radical (unpaired) electrons. The number of esters is 1. The van der Waals surface area contributed by atoms with Crippen LogP contribution in [0.1, 0.15) is 25.0 Å². The van der Waals surface area contributed by atoms with Crippen molar-refractivity contribution in [3.63, 3.8) is 0 Å². The predicted octanol–water partition coefficient (Wildman–Crippen LogP) is 2.74. The van der Waals surface area contributed by atoms with Crippen molar-refractivity contribution in [2.24, 2.45) is 0 Å². The number of benzene rings is 1. The van der Waals surface area contributed by atoms with Crippen LogP contribution in [0.2, 0.25) is 0 Å². The summed E-state index contributed by atoms with van der Waals surface area (Å²) in [5.74, 6) is -0.152. The number of carbonyl (C=O) groups excluding carboxylic acids is 1. The van der Waals surface area contributed by atoms with Gasteiger partial charge in [0.15, 0.2) is 0 Å². The van der Waals surface area contributed by atoms with Crippen LogP contribution in [0.3, 0.4) is 0 Å². The minimum absolute atomic E-state index is 0. The monoisotopic (exact) mass is 194 g/mol. The molecule has 0 aliphatic carbocycles. The lowest BCUT2D eigenvalue weighted by Crippen LogP contribution is -2.01. The fraction of sp³-hybridized carbons (Fsp3) is 0.417. The van der Waals surface area contributed by atoms with Crippen LogP contribution < -0.4 is 0 Å². The summed E-state index contributed by atoms with van der Waals surface area (Å²) in [5.41, 5.74) is 2.41. The molecule has 0 fully saturated rings. The first-order valence-corrected chi connectivity index (χ1v) is 4.34. The van der Waals surface area contributed by atoms with Crippen LogP contribution in [0.15, 0.2) is 24.3 Å². The zero-order valence-corrected chi connectivity index (χ0v) is 8.04. The van der Waals surface area contributed by atoms with Crippen molar-refractivity contribution >= 4 is 5.97 Å². The van der Waals surface area contributed by atoms with Crippen LogP contribution in [0.5, 0.6) is 0 Å². The molecular weight excluding hydrogens is 176 g/mol. The van der Waals surface area contributed by atoms with Gasteiger partial charge in [0.05, 0.1) is 7.11 Å². The maximum Gasteiger partial charge on any atom is 0.305 e. The summed E-state index contributed by atoms with van der Waals surface area (Å²) in [7, 11) is 1.41. The van der Waals surface area contributed by atoms with E-state index >= 15 is 0 Å². The molecule has 0 saturated heterocycles. The molecule has 0 aliphatic rings. The smallest absolute Gasteiger partial charge is 0.305 e. The van der Waals surface area contributed by atoms with Crippen LogP contribution in [-0.4, -0.2) is 13.1 Å². The predicted molar refractivity (Wildman–Crippen MR) is 58.2 cm³/mol. The summed E-state index contributed by atoms with van der Waals surface area (Å²) in [6, 6.07) is 8.18. The summed E-state index contributed by atoms with van der Waals surface area (Å²) in [6.45, 7) is 2.05. The van der Waals surface area contributed by atoms with Gasteiger partial charge in [-0.2, -0.15) is 0 Å². The van der Waals surface area contributed by atoms with E-state index in [0.717, 1.165) is 6.42 Å². The number of hydrogen-bond donors (Lipinski definition) is 0. The first-order chi connectivity index (χ1) is 6.22. The third kappa shape index (κ3) is 4.08. The third-order valence-corrected chi connectivity index (χ3v) is 1.97. The van der Waals surface area contributed by atoms with Gasteiger partial charge < -0.3 is 4.74 Å². The molecule has 0 aliphatic heterocycles. The quantitative estimate of drug-likeness (QED) is 0.691. The van der Waals surface area contributed by atoms with Gasteiger partial charge in [-0.15, -0.1) is 0 Å². The molecule has 78 valence electrons. The fourth-order valence-electron chi connectivity index (χ4n) is 1.10. The molecular formula is C12H18O2. The highest BCUT2D eigenvalue weighted by atomic mass is 16.5. The van der Waals surface area contributed by atoms with Gasteiger partial charge in [0.2, 0.25) is 0 Å². The van der Waals surface area contributed by atoms with Gasteiger partial charge in [-0.25, -0.2) is 0 Å². The Kier molecular flexibility index (Phi) is 5.61. The van der Waals surface area contributed by atoms with Gasteiger partial charge in [0, 0.05) is 6.42 Å². The molecule has 0 unspecified atom stereocenters. The van der Waals surface area contributed by atoms with Crippen molar-refractivity contribution in [3.05, 3.63) is 35.4 Å². The second-order valence-electron chi connectivity index (χ2n) is 3.06. The molecule has 2 nitrogen and oxygen atoms in total. The second kappa shape index (κ2) is 6.19. The highest BCUT2D eigenvalue weighted by Gasteiger charge is 2.00. The van der Waals surface area contributed by atoms with Crippen molar-refractivity contribution in [1.29, 1.82) is 0 Å². The van der Waals surface area contributed by atoms with Crippen LogP contribution in [-0.2, 0) is 16.0 Å². The van der Waals surface area contributed by atoms with Crippen molar-refractivity contribution in [3.8, 4) is 0 Å². The molecule has 0 spiro atoms. The molecule has 2 heteroatoms. The number of ether oxygens (including phenoxy) is 1. The number of carbonyl (C=O) groups is 1. The van der Waals surface area contributed by atoms with E-state index in [9.17, 15) is 4.79 Å². The minimum atomic E-state index is -0.152. The lowest BCUT2D eigenvalue weighted by Gasteiger charge is -2.00. The molecule has 0 bridgehead atoms. The summed E-state index contributed by atoms with van der Waals surface area (Å²) in [6.07, 6.45) is 1.21. The van der Waals surface area contributed by atoms with E-state index in [0.29, 0.717) is 6.42 Å². The largest absolute Gasteiger partial charge is 0.469 e. The van der Waals surface area contributed by atoms with Gasteiger partial charge in [-0.1, -0.05) is 37.3 Å². The Morgan fingerprint density at radius 2 is 1.86 bits per heavy atom. The molecule has 0 amide bonds. The summed E-state index contributed by atoms with van der Waals surface area (Å²) < 4.78 is 4.56. The van der Waals surface area contributed by atoms with E-state index in [1.165, 1.54) is 18.2 Å². The first kappa shape index (κ1) is 12.7. The SMILES string of the molecule is C.COC(=O)CCc1ccc(C)cc1. The van der Waals surface area contributed by atoms with Gasteiger partial charge >= 0.3 is 5.97 Å². The van der Waals surface area contributed by atoms with E-state index in [1.54, 1.807) is 0 Å². The average Bonchev–Trinajstić information content (AvgIpc) is 2.16. The van der Waals surface area contributed by atoms with E-state index < -0.39 is 0 Å². The lowest BCUT2D eigenvalue weighted by atomic mass is 10.1. The topological polar surface area (TPSA) is 26.3 Å². The molecule has 0 atom stereocenters. The van der Waals surface area contributed by atoms with Gasteiger partial charge in [-0.05, 0) is 18.9 Å². The standard InChI is InChI=1S/C11H14O2.CH4/c1-9-3-5-10(6-4-9)7-8-11(12)13-2;/h3-6H,7-8H2,1-2H3;1H4. The highest BCUT2D eigenvalue weighted by Crippen LogP contribution is 2.05. The zero-order valence-electron chi connectivity index (χ0n) is 8.04. The average molecular weight is 194 g/mol. The maximum absolute atomic E-state index is 10.8. The number of aryl methyl sites for hydroxylation is 2. The Morgan fingerprint density at radius 3 is 2.36 bits per heavy atom. The Labute approximate surface area is 85.9 Å². The lowest BCUT2D eigenvalue weighted by molar-refractivity contribution is -0.140. The molecule has 1 rings (SSSR count). The normalized spacial score (nSPS) is 9.00. The maximum atomic E-state index is 10.8. The molecule has 0 saturated carbocycles. The molecule has 0 N–H and O–H groups in total. The van der Waals surface area contributed by atoms with Crippen molar-refractivity contribution < 1.29 is 9.53 Å². The number of hydrogen-bond acceptors (Lipinski definition) is 2. The van der Waals surface area contributed by atoms with Crippen molar-refractivity contribution in [2.75, 3.05) is 7.11 Å². The molecule has 1 aromatic carbocycles. The van der Waals surface area contributed by atoms with Crippen LogP contribution >= 0.6 is 0 Å². The van der Waals surface area contributed by atoms with Crippen molar-refractivity contribution in [1.82, 2.24) is 0 Å². The Balaban J connectivity index is 0.00000169. The Bertz CT molecular complexity index is 275. The van der Waals surface area contributed by atoms with Gasteiger partial charge in [-0.3, -0.25) is 4.79 Å². The molecule has 14 heavy (non-hydrogen) atoms. The van der Waals surface area contributed by atoms with E-state index in [-0.39, 0.29) is 13.4 Å². The minimum Gasteiger partial charge on any atom is -0.469 e. The van der Waals surface area contributed by atoms with Gasteiger partial charge in [0.1, 0.15) is 0 Å². The number of methoxy groups -OCH3 is 1. The second-order valence-corrected chi connectivity index (χ2v) is 3.06. The van der Waals surface area contributed by atoms with Crippen LogP contribution in [0.25, 0.3) is 0 Å².